The van der Waals surface area contributed by atoms with E-state index in [-0.39, 0.29) is 23.4 Å². The summed E-state index contributed by atoms with van der Waals surface area (Å²) < 4.78 is 11.0. The largest absolute Gasteiger partial charge is 0.507 e. The van der Waals surface area contributed by atoms with Crippen LogP contribution in [0, 0.1) is 10.1 Å². The van der Waals surface area contributed by atoms with Crippen LogP contribution in [-0.2, 0) is 9.59 Å². The van der Waals surface area contributed by atoms with Crippen molar-refractivity contribution < 1.29 is 29.1 Å². The highest BCUT2D eigenvalue weighted by molar-refractivity contribution is 6.46. The van der Waals surface area contributed by atoms with Crippen LogP contribution < -0.4 is 9.47 Å². The van der Waals surface area contributed by atoms with Gasteiger partial charge in [0.05, 0.1) is 30.8 Å². The number of hydrogen-bond acceptors (Lipinski definition) is 8. The Hall–Kier alpha value is -3.92. The molecule has 1 fully saturated rings. The van der Waals surface area contributed by atoms with E-state index in [1.54, 1.807) is 18.2 Å². The first-order valence-corrected chi connectivity index (χ1v) is 13.7. The second-order valence-corrected chi connectivity index (χ2v) is 9.81. The van der Waals surface area contributed by atoms with Crippen LogP contribution in [0.3, 0.4) is 0 Å². The van der Waals surface area contributed by atoms with E-state index < -0.39 is 28.4 Å². The predicted octanol–water partition coefficient (Wildman–Crippen LogP) is 5.33. The average Bonchev–Trinajstić information content (AvgIpc) is 3.22. The molecule has 1 atom stereocenters. The normalized spacial score (nSPS) is 16.5. The van der Waals surface area contributed by atoms with Crippen molar-refractivity contribution in [1.82, 2.24) is 9.80 Å². The molecule has 2 aromatic rings. The molecule has 10 heteroatoms. The van der Waals surface area contributed by atoms with Gasteiger partial charge in [0.1, 0.15) is 17.3 Å². The maximum absolute atomic E-state index is 13.4. The van der Waals surface area contributed by atoms with Crippen molar-refractivity contribution in [3.8, 4) is 11.5 Å². The summed E-state index contributed by atoms with van der Waals surface area (Å²) in [5.74, 6) is -1.17. The Morgan fingerprint density at radius 2 is 1.68 bits per heavy atom. The van der Waals surface area contributed by atoms with Gasteiger partial charge in [0.2, 0.25) is 0 Å². The number of benzene rings is 2. The Bertz CT molecular complexity index is 1240. The Morgan fingerprint density at radius 3 is 2.27 bits per heavy atom. The summed E-state index contributed by atoms with van der Waals surface area (Å²) in [6.45, 7) is 7.27. The predicted molar refractivity (Wildman–Crippen MR) is 153 cm³/mol. The Kier molecular flexibility index (Phi) is 11.1. The van der Waals surface area contributed by atoms with Gasteiger partial charge < -0.3 is 24.4 Å². The fourth-order valence-corrected chi connectivity index (χ4v) is 4.97. The Balaban J connectivity index is 2.06. The number of nitrogens with zero attached hydrogens (tertiary/aromatic N) is 3. The van der Waals surface area contributed by atoms with Crippen LogP contribution in [0.4, 0.5) is 5.69 Å². The van der Waals surface area contributed by atoms with Gasteiger partial charge in [0.15, 0.2) is 0 Å². The molecule has 0 aromatic heterocycles. The van der Waals surface area contributed by atoms with Crippen molar-refractivity contribution in [1.29, 1.82) is 0 Å². The molecule has 0 bridgehead atoms. The third-order valence-electron chi connectivity index (χ3n) is 7.13. The minimum atomic E-state index is -0.968. The second-order valence-electron chi connectivity index (χ2n) is 9.81. The van der Waals surface area contributed by atoms with Gasteiger partial charge in [-0.3, -0.25) is 19.7 Å². The lowest BCUT2D eigenvalue weighted by molar-refractivity contribution is -0.384. The van der Waals surface area contributed by atoms with Gasteiger partial charge in [0.25, 0.3) is 17.4 Å². The lowest BCUT2D eigenvalue weighted by atomic mass is 9.94. The molecule has 2 aromatic carbocycles. The standard InChI is InChI=1S/C30H39N3O7/c1-5-7-15-31(16-8-6-2)17-10-18-32-27(24-20-23(39-3)13-14-25(24)40-4)26(29(35)30(32)36)28(34)21-11-9-12-22(19-21)33(37)38/h9,11-14,19-20,27,34H,5-8,10,15-18H2,1-4H3/t27-/m0/s1. The molecule has 1 N–H and O–H groups in total. The molecule has 1 aliphatic heterocycles. The van der Waals surface area contributed by atoms with Crippen LogP contribution in [0.25, 0.3) is 5.76 Å². The number of carbonyl (C=O) groups excluding carboxylic acids is 2. The van der Waals surface area contributed by atoms with E-state index in [0.29, 0.717) is 23.5 Å². The fraction of sp³-hybridized carbons (Fsp3) is 0.467. The summed E-state index contributed by atoms with van der Waals surface area (Å²) in [5, 5.41) is 22.7. The number of nitro benzene ring substituents is 1. The van der Waals surface area contributed by atoms with Crippen LogP contribution in [0.5, 0.6) is 11.5 Å². The van der Waals surface area contributed by atoms with Crippen molar-refractivity contribution in [2.24, 2.45) is 0 Å². The van der Waals surface area contributed by atoms with Gasteiger partial charge >= 0.3 is 0 Å². The molecule has 0 saturated carbocycles. The summed E-state index contributed by atoms with van der Waals surface area (Å²) in [4.78, 5) is 41.5. The molecule has 0 radical (unpaired) electrons. The third kappa shape index (κ3) is 6.98. The smallest absolute Gasteiger partial charge is 0.295 e. The molecular formula is C30H39N3O7. The molecule has 3 rings (SSSR count). The van der Waals surface area contributed by atoms with Gasteiger partial charge in [-0.2, -0.15) is 0 Å². The zero-order valence-corrected chi connectivity index (χ0v) is 23.7. The minimum Gasteiger partial charge on any atom is -0.507 e. The lowest BCUT2D eigenvalue weighted by Gasteiger charge is -2.28. The molecule has 1 aliphatic rings. The summed E-state index contributed by atoms with van der Waals surface area (Å²) in [6, 6.07) is 9.46. The lowest BCUT2D eigenvalue weighted by Crippen LogP contribution is -2.34. The SMILES string of the molecule is CCCCN(CCCC)CCCN1C(=O)C(=O)C(=C(O)c2cccc([N+](=O)[O-])c2)[C@@H]1c1cc(OC)ccc1OC. The molecule has 40 heavy (non-hydrogen) atoms. The number of amides is 1. The molecule has 0 aliphatic carbocycles. The highest BCUT2D eigenvalue weighted by Gasteiger charge is 2.47. The van der Waals surface area contributed by atoms with Crippen molar-refractivity contribution in [3.05, 3.63) is 69.3 Å². The number of non-ortho nitro benzene ring substituents is 1. The zero-order valence-electron chi connectivity index (χ0n) is 23.7. The first-order chi connectivity index (χ1) is 19.3. The Labute approximate surface area is 235 Å². The molecule has 1 heterocycles. The molecule has 10 nitrogen and oxygen atoms in total. The number of aliphatic hydroxyl groups excluding tert-OH is 1. The number of ether oxygens (including phenoxy) is 2. The second kappa shape index (κ2) is 14.5. The molecule has 0 spiro atoms. The molecule has 1 saturated heterocycles. The number of carbonyl (C=O) groups is 2. The maximum Gasteiger partial charge on any atom is 0.295 e. The summed E-state index contributed by atoms with van der Waals surface area (Å²) in [5.41, 5.74) is 0.158. The Morgan fingerprint density at radius 1 is 1.00 bits per heavy atom. The van der Waals surface area contributed by atoms with E-state index >= 15 is 0 Å². The van der Waals surface area contributed by atoms with E-state index in [1.165, 1.54) is 43.4 Å². The number of ketones is 1. The van der Waals surface area contributed by atoms with Gasteiger partial charge in [-0.05, 0) is 57.1 Å². The van der Waals surface area contributed by atoms with Crippen molar-refractivity contribution >= 4 is 23.1 Å². The first kappa shape index (κ1) is 30.6. The number of nitro groups is 1. The van der Waals surface area contributed by atoms with Crippen LogP contribution in [0.15, 0.2) is 48.0 Å². The number of methoxy groups -OCH3 is 2. The van der Waals surface area contributed by atoms with Crippen LogP contribution in [0.2, 0.25) is 0 Å². The van der Waals surface area contributed by atoms with Gasteiger partial charge in [0, 0.05) is 29.8 Å². The monoisotopic (exact) mass is 553 g/mol. The van der Waals surface area contributed by atoms with E-state index in [4.69, 9.17) is 9.47 Å². The van der Waals surface area contributed by atoms with E-state index in [9.17, 15) is 24.8 Å². The molecular weight excluding hydrogens is 514 g/mol. The highest BCUT2D eigenvalue weighted by Crippen LogP contribution is 2.44. The summed E-state index contributed by atoms with van der Waals surface area (Å²) in [7, 11) is 2.99. The fourth-order valence-electron chi connectivity index (χ4n) is 4.97. The first-order valence-electron chi connectivity index (χ1n) is 13.7. The molecule has 1 amide bonds. The zero-order chi connectivity index (χ0) is 29.2. The number of aliphatic hydroxyl groups is 1. The van der Waals surface area contributed by atoms with Crippen LogP contribution in [0.1, 0.15) is 63.1 Å². The van der Waals surface area contributed by atoms with E-state index in [1.807, 2.05) is 0 Å². The average molecular weight is 554 g/mol. The third-order valence-corrected chi connectivity index (χ3v) is 7.13. The number of likely N-dealkylation sites (tertiary alicyclic amines) is 1. The van der Waals surface area contributed by atoms with Crippen LogP contribution in [-0.4, -0.2) is 71.9 Å². The van der Waals surface area contributed by atoms with Crippen molar-refractivity contribution in [3.63, 3.8) is 0 Å². The highest BCUT2D eigenvalue weighted by atomic mass is 16.6. The topological polar surface area (TPSA) is 122 Å². The van der Waals surface area contributed by atoms with Gasteiger partial charge in [-0.25, -0.2) is 0 Å². The van der Waals surface area contributed by atoms with Crippen molar-refractivity contribution in [2.45, 2.75) is 52.0 Å². The maximum atomic E-state index is 13.4. The number of rotatable bonds is 15. The molecule has 0 unspecified atom stereocenters. The van der Waals surface area contributed by atoms with E-state index in [2.05, 4.69) is 18.7 Å². The minimum absolute atomic E-state index is 0.0735. The van der Waals surface area contributed by atoms with Gasteiger partial charge in [-0.15, -0.1) is 0 Å². The quantitative estimate of drug-likeness (QED) is 0.103. The number of unbranched alkanes of at least 4 members (excludes halogenated alkanes) is 2. The number of Topliss-reactive ketones (excluding diaryl/α,β-unsaturated/α-hetero) is 1. The van der Waals surface area contributed by atoms with E-state index in [0.717, 1.165) is 45.3 Å². The number of hydrogen-bond donors (Lipinski definition) is 1. The summed E-state index contributed by atoms with van der Waals surface area (Å²) in [6.07, 6.45) is 4.96. The van der Waals surface area contributed by atoms with Gasteiger partial charge in [-0.1, -0.05) is 38.8 Å². The van der Waals surface area contributed by atoms with Crippen LogP contribution >= 0.6 is 0 Å². The molecule has 216 valence electrons. The van der Waals surface area contributed by atoms with Crippen molar-refractivity contribution in [2.75, 3.05) is 40.4 Å². The summed E-state index contributed by atoms with van der Waals surface area (Å²) >= 11 is 0.